The van der Waals surface area contributed by atoms with Crippen molar-refractivity contribution in [1.29, 1.82) is 0 Å². The molecule has 0 heterocycles. The SMILES string of the molecule is C=C(CC(=O)OCC)C(C)(C)[C@@H](O)[C@H](C)CO[Si](C)(C)C(C)(C)C. The first-order chi connectivity index (χ1) is 10.7. The van der Waals surface area contributed by atoms with Gasteiger partial charge in [-0.3, -0.25) is 4.79 Å². The molecule has 0 aromatic carbocycles. The first kappa shape index (κ1) is 23.3. The molecule has 142 valence electrons. The van der Waals surface area contributed by atoms with Crippen molar-refractivity contribution in [2.75, 3.05) is 13.2 Å². The van der Waals surface area contributed by atoms with Crippen LogP contribution in [0.15, 0.2) is 12.2 Å². The Morgan fingerprint density at radius 2 is 1.71 bits per heavy atom. The molecule has 0 fully saturated rings. The lowest BCUT2D eigenvalue weighted by atomic mass is 9.74. The van der Waals surface area contributed by atoms with Gasteiger partial charge in [-0.25, -0.2) is 0 Å². The maximum atomic E-state index is 11.7. The van der Waals surface area contributed by atoms with E-state index in [4.69, 9.17) is 9.16 Å². The third kappa shape index (κ3) is 6.34. The predicted octanol–water partition coefficient (Wildman–Crippen LogP) is 4.54. The molecular weight excluding hydrogens is 320 g/mol. The number of hydrogen-bond acceptors (Lipinski definition) is 4. The Bertz CT molecular complexity index is 435. The third-order valence-corrected chi connectivity index (χ3v) is 9.87. The van der Waals surface area contributed by atoms with Crippen LogP contribution >= 0.6 is 0 Å². The Morgan fingerprint density at radius 3 is 2.12 bits per heavy atom. The molecule has 0 bridgehead atoms. The van der Waals surface area contributed by atoms with E-state index >= 15 is 0 Å². The fourth-order valence-corrected chi connectivity index (χ4v) is 3.29. The van der Waals surface area contributed by atoms with Crippen molar-refractivity contribution in [3.8, 4) is 0 Å². The number of aliphatic hydroxyl groups excluding tert-OH is 1. The standard InChI is InChI=1S/C19H38O4Si/c1-11-22-16(20)12-15(3)19(7,8)17(21)14(2)13-23-24(9,10)18(4,5)6/h14,17,21H,3,11-13H2,1-2,4-10H3/t14-,17+/m1/s1. The monoisotopic (exact) mass is 358 g/mol. The molecule has 24 heavy (non-hydrogen) atoms. The normalized spacial score (nSPS) is 15.8. The van der Waals surface area contributed by atoms with E-state index in [2.05, 4.69) is 40.4 Å². The lowest BCUT2D eigenvalue weighted by Crippen LogP contribution is -2.45. The smallest absolute Gasteiger partial charge is 0.309 e. The van der Waals surface area contributed by atoms with E-state index < -0.39 is 19.8 Å². The summed E-state index contributed by atoms with van der Waals surface area (Å²) >= 11 is 0. The van der Waals surface area contributed by atoms with Crippen LogP contribution in [0.5, 0.6) is 0 Å². The fraction of sp³-hybridized carbons (Fsp3) is 0.842. The summed E-state index contributed by atoms with van der Waals surface area (Å²) in [5.41, 5.74) is 0.107. The number of esters is 1. The van der Waals surface area contributed by atoms with Gasteiger partial charge in [0.1, 0.15) is 0 Å². The van der Waals surface area contributed by atoms with Gasteiger partial charge in [0.25, 0.3) is 0 Å². The predicted molar refractivity (Wildman–Crippen MR) is 102 cm³/mol. The number of carbonyl (C=O) groups is 1. The Labute approximate surface area is 149 Å². The van der Waals surface area contributed by atoms with E-state index in [1.807, 2.05) is 20.8 Å². The average Bonchev–Trinajstić information content (AvgIpc) is 2.42. The number of aliphatic hydroxyl groups is 1. The van der Waals surface area contributed by atoms with Crippen molar-refractivity contribution >= 4 is 14.3 Å². The maximum absolute atomic E-state index is 11.7. The summed E-state index contributed by atoms with van der Waals surface area (Å²) in [5.74, 6) is -0.346. The Kier molecular flexibility index (Phi) is 8.40. The van der Waals surface area contributed by atoms with Crippen molar-refractivity contribution in [2.45, 2.75) is 79.1 Å². The van der Waals surface area contributed by atoms with Crippen molar-refractivity contribution in [3.63, 3.8) is 0 Å². The third-order valence-electron chi connectivity index (χ3n) is 5.37. The van der Waals surface area contributed by atoms with Gasteiger partial charge in [0, 0.05) is 17.9 Å². The molecule has 0 radical (unpaired) electrons. The van der Waals surface area contributed by atoms with Gasteiger partial charge in [0.05, 0.1) is 19.1 Å². The van der Waals surface area contributed by atoms with Gasteiger partial charge in [-0.1, -0.05) is 53.7 Å². The van der Waals surface area contributed by atoms with Crippen LogP contribution in [0.2, 0.25) is 18.1 Å². The molecule has 0 aromatic rings. The molecule has 0 aliphatic heterocycles. The number of hydrogen-bond donors (Lipinski definition) is 1. The minimum atomic E-state index is -1.84. The van der Waals surface area contributed by atoms with Crippen LogP contribution in [0.1, 0.15) is 54.9 Å². The minimum Gasteiger partial charge on any atom is -0.466 e. The summed E-state index contributed by atoms with van der Waals surface area (Å²) in [5, 5.41) is 10.9. The van der Waals surface area contributed by atoms with E-state index in [-0.39, 0.29) is 23.3 Å². The molecule has 1 N–H and O–H groups in total. The molecule has 2 atom stereocenters. The fourth-order valence-electron chi connectivity index (χ4n) is 2.18. The molecular formula is C19H38O4Si. The van der Waals surface area contributed by atoms with Crippen molar-refractivity contribution in [3.05, 3.63) is 12.2 Å². The summed E-state index contributed by atoms with van der Waals surface area (Å²) in [6, 6.07) is 0. The molecule has 0 spiro atoms. The van der Waals surface area contributed by atoms with Crippen molar-refractivity contribution in [1.82, 2.24) is 0 Å². The van der Waals surface area contributed by atoms with Crippen molar-refractivity contribution in [2.24, 2.45) is 11.3 Å². The Hall–Kier alpha value is -0.653. The van der Waals surface area contributed by atoms with Gasteiger partial charge >= 0.3 is 5.97 Å². The average molecular weight is 359 g/mol. The van der Waals surface area contributed by atoms with Gasteiger partial charge < -0.3 is 14.3 Å². The summed E-state index contributed by atoms with van der Waals surface area (Å²) in [7, 11) is -1.84. The molecule has 0 amide bonds. The van der Waals surface area contributed by atoms with Gasteiger partial charge in [-0.05, 0) is 25.1 Å². The largest absolute Gasteiger partial charge is 0.466 e. The highest BCUT2D eigenvalue weighted by Gasteiger charge is 2.40. The molecule has 0 aliphatic rings. The highest BCUT2D eigenvalue weighted by molar-refractivity contribution is 6.74. The first-order valence-electron chi connectivity index (χ1n) is 8.82. The van der Waals surface area contributed by atoms with Crippen LogP contribution in [0, 0.1) is 11.3 Å². The highest BCUT2D eigenvalue weighted by atomic mass is 28.4. The van der Waals surface area contributed by atoms with E-state index in [1.54, 1.807) is 6.92 Å². The zero-order chi connectivity index (χ0) is 19.3. The van der Waals surface area contributed by atoms with E-state index in [0.29, 0.717) is 18.8 Å². The van der Waals surface area contributed by atoms with Crippen molar-refractivity contribution < 1.29 is 19.1 Å². The van der Waals surface area contributed by atoms with Gasteiger partial charge in [0.15, 0.2) is 8.32 Å². The molecule has 0 saturated heterocycles. The second-order valence-corrected chi connectivity index (χ2v) is 13.6. The first-order valence-corrected chi connectivity index (χ1v) is 11.7. The van der Waals surface area contributed by atoms with Crippen LogP contribution < -0.4 is 0 Å². The lowest BCUT2D eigenvalue weighted by Gasteiger charge is -2.40. The topological polar surface area (TPSA) is 55.8 Å². The van der Waals surface area contributed by atoms with E-state index in [1.165, 1.54) is 0 Å². The van der Waals surface area contributed by atoms with E-state index in [0.717, 1.165) is 0 Å². The molecule has 0 aromatic heterocycles. The minimum absolute atomic E-state index is 0.0481. The lowest BCUT2D eigenvalue weighted by molar-refractivity contribution is -0.142. The maximum Gasteiger partial charge on any atom is 0.309 e. The Balaban J connectivity index is 4.83. The van der Waals surface area contributed by atoms with Crippen LogP contribution in [0.25, 0.3) is 0 Å². The van der Waals surface area contributed by atoms with Crippen LogP contribution in [0.4, 0.5) is 0 Å². The molecule has 0 rings (SSSR count). The molecule has 0 saturated carbocycles. The zero-order valence-corrected chi connectivity index (χ0v) is 18.2. The highest BCUT2D eigenvalue weighted by Crippen LogP contribution is 2.39. The summed E-state index contributed by atoms with van der Waals surface area (Å²) in [4.78, 5) is 11.7. The van der Waals surface area contributed by atoms with Gasteiger partial charge in [-0.15, -0.1) is 0 Å². The molecule has 0 aliphatic carbocycles. The molecule has 4 nitrogen and oxygen atoms in total. The number of carbonyl (C=O) groups excluding carboxylic acids is 1. The van der Waals surface area contributed by atoms with Crippen LogP contribution in [-0.2, 0) is 14.0 Å². The number of rotatable bonds is 9. The van der Waals surface area contributed by atoms with Gasteiger partial charge in [0.2, 0.25) is 0 Å². The van der Waals surface area contributed by atoms with Gasteiger partial charge in [-0.2, -0.15) is 0 Å². The Morgan fingerprint density at radius 1 is 1.21 bits per heavy atom. The molecule has 0 unspecified atom stereocenters. The quantitative estimate of drug-likeness (QED) is 0.373. The second-order valence-electron chi connectivity index (χ2n) is 8.80. The summed E-state index contributed by atoms with van der Waals surface area (Å²) < 4.78 is 11.2. The van der Waals surface area contributed by atoms with Crippen LogP contribution in [-0.4, -0.2) is 38.7 Å². The second kappa shape index (κ2) is 8.63. The van der Waals surface area contributed by atoms with E-state index in [9.17, 15) is 9.90 Å². The summed E-state index contributed by atoms with van der Waals surface area (Å²) in [6.45, 7) is 23.5. The molecule has 5 heteroatoms. The zero-order valence-electron chi connectivity index (χ0n) is 17.2. The van der Waals surface area contributed by atoms with Crippen LogP contribution in [0.3, 0.4) is 0 Å². The number of ether oxygens (including phenoxy) is 1. The summed E-state index contributed by atoms with van der Waals surface area (Å²) in [6.07, 6.45) is -0.502.